The van der Waals surface area contributed by atoms with Gasteiger partial charge < -0.3 is 20.8 Å². The fraction of sp³-hybridized carbons (Fsp3) is 0.188. The van der Waals surface area contributed by atoms with Crippen LogP contribution in [0.15, 0.2) is 42.5 Å². The van der Waals surface area contributed by atoms with Gasteiger partial charge in [-0.2, -0.15) is 0 Å². The molecule has 0 aliphatic carbocycles. The van der Waals surface area contributed by atoms with Crippen molar-refractivity contribution in [1.82, 2.24) is 0 Å². The van der Waals surface area contributed by atoms with E-state index in [0.29, 0.717) is 12.2 Å². The Labute approximate surface area is 123 Å². The number of nitrogens with one attached hydrogen (secondary N) is 2. The lowest BCUT2D eigenvalue weighted by molar-refractivity contribution is -0.118. The molecule has 0 spiro atoms. The number of para-hydroxylation sites is 1. The van der Waals surface area contributed by atoms with Gasteiger partial charge in [-0.1, -0.05) is 24.3 Å². The summed E-state index contributed by atoms with van der Waals surface area (Å²) in [5.74, 6) is -0.168. The smallest absolute Gasteiger partial charge is 0.250 e. The number of carbonyl (C=O) groups excluding carboxylic acids is 1. The van der Waals surface area contributed by atoms with Crippen LogP contribution in [-0.2, 0) is 11.3 Å². The van der Waals surface area contributed by atoms with E-state index in [-0.39, 0.29) is 5.75 Å². The van der Waals surface area contributed by atoms with Crippen molar-refractivity contribution in [3.63, 3.8) is 0 Å². The molecule has 0 saturated heterocycles. The summed E-state index contributed by atoms with van der Waals surface area (Å²) < 4.78 is 0. The molecule has 5 heteroatoms. The van der Waals surface area contributed by atoms with Gasteiger partial charge in [0.1, 0.15) is 12.4 Å². The molecule has 2 aromatic carbocycles. The highest BCUT2D eigenvalue weighted by Gasteiger charge is 2.04. The number of aryl methyl sites for hydroxylation is 1. The second-order valence-corrected chi connectivity index (χ2v) is 4.72. The van der Waals surface area contributed by atoms with Gasteiger partial charge in [-0.15, -0.1) is 0 Å². The summed E-state index contributed by atoms with van der Waals surface area (Å²) in [5, 5.41) is 24.4. The summed E-state index contributed by atoms with van der Waals surface area (Å²) >= 11 is 0. The maximum atomic E-state index is 11.1. The van der Waals surface area contributed by atoms with E-state index in [0.717, 1.165) is 16.8 Å². The molecule has 0 aromatic heterocycles. The van der Waals surface area contributed by atoms with Crippen molar-refractivity contribution in [3.8, 4) is 5.75 Å². The molecule has 1 amide bonds. The molecule has 0 saturated carbocycles. The highest BCUT2D eigenvalue weighted by molar-refractivity contribution is 5.91. The average molecular weight is 286 g/mol. The van der Waals surface area contributed by atoms with Gasteiger partial charge in [-0.25, -0.2) is 0 Å². The van der Waals surface area contributed by atoms with Gasteiger partial charge in [0.05, 0.1) is 0 Å². The number of aliphatic hydroxyl groups is 1. The first-order valence-electron chi connectivity index (χ1n) is 6.62. The minimum absolute atomic E-state index is 0.287. The second kappa shape index (κ2) is 6.76. The van der Waals surface area contributed by atoms with Crippen molar-refractivity contribution < 1.29 is 15.0 Å². The molecule has 2 rings (SSSR count). The first-order chi connectivity index (χ1) is 10.1. The standard InChI is InChI=1S/C16H18N2O3/c1-11-4-2-5-12(16(11)21)9-17-13-6-3-7-14(8-13)18-15(20)10-19/h2-8,17,19,21H,9-10H2,1H3,(H,18,20). The van der Waals surface area contributed by atoms with Crippen molar-refractivity contribution in [1.29, 1.82) is 0 Å². The van der Waals surface area contributed by atoms with Gasteiger partial charge in [0.2, 0.25) is 5.91 Å². The van der Waals surface area contributed by atoms with Crippen molar-refractivity contribution in [2.24, 2.45) is 0 Å². The average Bonchev–Trinajstić information content (AvgIpc) is 2.49. The third-order valence-electron chi connectivity index (χ3n) is 3.09. The molecule has 0 aliphatic rings. The number of aromatic hydroxyl groups is 1. The molecule has 21 heavy (non-hydrogen) atoms. The maximum absolute atomic E-state index is 11.1. The maximum Gasteiger partial charge on any atom is 0.250 e. The molecule has 0 atom stereocenters. The first-order valence-corrected chi connectivity index (χ1v) is 6.62. The quantitative estimate of drug-likeness (QED) is 0.679. The van der Waals surface area contributed by atoms with Crippen molar-refractivity contribution in [3.05, 3.63) is 53.6 Å². The van der Waals surface area contributed by atoms with E-state index >= 15 is 0 Å². The Kier molecular flexibility index (Phi) is 4.79. The van der Waals surface area contributed by atoms with Crippen LogP contribution in [0.25, 0.3) is 0 Å². The zero-order chi connectivity index (χ0) is 15.2. The highest BCUT2D eigenvalue weighted by atomic mass is 16.3. The van der Waals surface area contributed by atoms with Crippen LogP contribution in [0.4, 0.5) is 11.4 Å². The van der Waals surface area contributed by atoms with Crippen LogP contribution < -0.4 is 10.6 Å². The van der Waals surface area contributed by atoms with Crippen LogP contribution in [-0.4, -0.2) is 22.7 Å². The number of benzene rings is 2. The van der Waals surface area contributed by atoms with Crippen LogP contribution in [0, 0.1) is 6.92 Å². The van der Waals surface area contributed by atoms with Crippen LogP contribution >= 0.6 is 0 Å². The highest BCUT2D eigenvalue weighted by Crippen LogP contribution is 2.23. The predicted molar refractivity (Wildman–Crippen MR) is 82.3 cm³/mol. The number of amides is 1. The normalized spacial score (nSPS) is 10.2. The molecule has 0 unspecified atom stereocenters. The summed E-state index contributed by atoms with van der Waals surface area (Å²) in [5.41, 5.74) is 3.05. The molecule has 0 bridgehead atoms. The molecule has 0 fully saturated rings. The van der Waals surface area contributed by atoms with Gasteiger partial charge in [0, 0.05) is 23.5 Å². The summed E-state index contributed by atoms with van der Waals surface area (Å²) in [6.45, 7) is 1.78. The number of carbonyl (C=O) groups is 1. The zero-order valence-electron chi connectivity index (χ0n) is 11.8. The number of rotatable bonds is 5. The van der Waals surface area contributed by atoms with Gasteiger partial charge in [-0.3, -0.25) is 4.79 Å². The molecule has 2 aromatic rings. The Hall–Kier alpha value is -2.53. The summed E-state index contributed by atoms with van der Waals surface area (Å²) in [6.07, 6.45) is 0. The molecule has 110 valence electrons. The summed E-state index contributed by atoms with van der Waals surface area (Å²) in [7, 11) is 0. The Balaban J connectivity index is 2.05. The van der Waals surface area contributed by atoms with E-state index < -0.39 is 12.5 Å². The Morgan fingerprint density at radius 2 is 1.86 bits per heavy atom. The number of phenols is 1. The van der Waals surface area contributed by atoms with Gasteiger partial charge in [-0.05, 0) is 30.7 Å². The topological polar surface area (TPSA) is 81.6 Å². The number of phenolic OH excluding ortho intramolecular Hbond substituents is 1. The number of hydrogen-bond donors (Lipinski definition) is 4. The Bertz CT molecular complexity index is 641. The lowest BCUT2D eigenvalue weighted by atomic mass is 10.1. The van der Waals surface area contributed by atoms with Crippen molar-refractivity contribution >= 4 is 17.3 Å². The number of anilines is 2. The fourth-order valence-electron chi connectivity index (χ4n) is 1.97. The molecule has 5 nitrogen and oxygen atoms in total. The SMILES string of the molecule is Cc1cccc(CNc2cccc(NC(=O)CO)c2)c1O. The molecule has 4 N–H and O–H groups in total. The van der Waals surface area contributed by atoms with Gasteiger partial charge in [0.25, 0.3) is 0 Å². The monoisotopic (exact) mass is 286 g/mol. The van der Waals surface area contributed by atoms with E-state index in [1.165, 1.54) is 0 Å². The van der Waals surface area contributed by atoms with E-state index in [1.54, 1.807) is 18.2 Å². The van der Waals surface area contributed by atoms with E-state index in [2.05, 4.69) is 10.6 Å². The molecular formula is C16H18N2O3. The Morgan fingerprint density at radius 3 is 2.62 bits per heavy atom. The fourth-order valence-corrected chi connectivity index (χ4v) is 1.97. The van der Waals surface area contributed by atoms with Crippen molar-refractivity contribution in [2.75, 3.05) is 17.2 Å². The van der Waals surface area contributed by atoms with Gasteiger partial charge >= 0.3 is 0 Å². The minimum Gasteiger partial charge on any atom is -0.507 e. The van der Waals surface area contributed by atoms with Crippen LogP contribution in [0.2, 0.25) is 0 Å². The van der Waals surface area contributed by atoms with E-state index in [9.17, 15) is 9.90 Å². The number of aliphatic hydroxyl groups excluding tert-OH is 1. The van der Waals surface area contributed by atoms with Crippen molar-refractivity contribution in [2.45, 2.75) is 13.5 Å². The van der Waals surface area contributed by atoms with Gasteiger partial charge in [0.15, 0.2) is 0 Å². The van der Waals surface area contributed by atoms with Crippen LogP contribution in [0.5, 0.6) is 5.75 Å². The lowest BCUT2D eigenvalue weighted by Crippen LogP contribution is -2.15. The molecule has 0 aliphatic heterocycles. The third-order valence-corrected chi connectivity index (χ3v) is 3.09. The number of hydrogen-bond acceptors (Lipinski definition) is 4. The van der Waals surface area contributed by atoms with E-state index in [4.69, 9.17) is 5.11 Å². The largest absolute Gasteiger partial charge is 0.507 e. The van der Waals surface area contributed by atoms with Crippen LogP contribution in [0.1, 0.15) is 11.1 Å². The second-order valence-electron chi connectivity index (χ2n) is 4.72. The molecule has 0 radical (unpaired) electrons. The summed E-state index contributed by atoms with van der Waals surface area (Å²) in [6, 6.07) is 12.8. The Morgan fingerprint density at radius 1 is 1.14 bits per heavy atom. The molecule has 0 heterocycles. The molecular weight excluding hydrogens is 268 g/mol. The summed E-state index contributed by atoms with van der Waals surface area (Å²) in [4.78, 5) is 11.1. The predicted octanol–water partition coefficient (Wildman–Crippen LogP) is 2.24. The first kappa shape index (κ1) is 14.9. The van der Waals surface area contributed by atoms with E-state index in [1.807, 2.05) is 31.2 Å². The third kappa shape index (κ3) is 3.97. The minimum atomic E-state index is -0.547. The zero-order valence-corrected chi connectivity index (χ0v) is 11.8. The lowest BCUT2D eigenvalue weighted by Gasteiger charge is -2.11. The van der Waals surface area contributed by atoms with Crippen LogP contribution in [0.3, 0.4) is 0 Å².